The van der Waals surface area contributed by atoms with E-state index in [1.807, 2.05) is 0 Å². The molecule has 1 saturated heterocycles. The van der Waals surface area contributed by atoms with Gasteiger partial charge in [-0.2, -0.15) is 0 Å². The normalized spacial score (nSPS) is 26.9. The monoisotopic (exact) mass is 240 g/mol. The van der Waals surface area contributed by atoms with E-state index in [4.69, 9.17) is 0 Å². The van der Waals surface area contributed by atoms with Gasteiger partial charge >= 0.3 is 0 Å². The Morgan fingerprint density at radius 3 is 2.29 bits per heavy atom. The fourth-order valence-electron chi connectivity index (χ4n) is 2.56. The second-order valence-corrected chi connectivity index (χ2v) is 5.62. The summed E-state index contributed by atoms with van der Waals surface area (Å²) in [4.78, 5) is 14.3. The molecule has 0 saturated carbocycles. The lowest BCUT2D eigenvalue weighted by atomic mass is 10.0. The molecule has 1 rings (SSSR count). The molecule has 1 heterocycles. The van der Waals surface area contributed by atoms with Gasteiger partial charge in [-0.3, -0.25) is 10.1 Å². The van der Waals surface area contributed by atoms with Crippen molar-refractivity contribution >= 4 is 5.91 Å². The molecule has 1 fully saturated rings. The summed E-state index contributed by atoms with van der Waals surface area (Å²) in [5.41, 5.74) is 0. The molecule has 0 spiro atoms. The molecule has 3 atom stereocenters. The Morgan fingerprint density at radius 2 is 1.82 bits per heavy atom. The van der Waals surface area contributed by atoms with E-state index in [0.29, 0.717) is 17.9 Å². The second-order valence-electron chi connectivity index (χ2n) is 5.62. The average Bonchev–Trinajstić information content (AvgIpc) is 2.62. The van der Waals surface area contributed by atoms with Crippen molar-refractivity contribution in [3.05, 3.63) is 0 Å². The Morgan fingerprint density at radius 1 is 1.18 bits per heavy atom. The predicted octanol–water partition coefficient (Wildman–Crippen LogP) is 2.76. The molecule has 1 aliphatic rings. The average molecular weight is 240 g/mol. The third kappa shape index (κ3) is 3.44. The Balaban J connectivity index is 2.62. The van der Waals surface area contributed by atoms with E-state index in [0.717, 1.165) is 19.3 Å². The number of rotatable bonds is 6. The van der Waals surface area contributed by atoms with Crippen molar-refractivity contribution in [2.24, 2.45) is 5.92 Å². The van der Waals surface area contributed by atoms with Gasteiger partial charge in [0.2, 0.25) is 5.91 Å². The van der Waals surface area contributed by atoms with Crippen LogP contribution >= 0.6 is 0 Å². The minimum atomic E-state index is 0.0430. The van der Waals surface area contributed by atoms with Gasteiger partial charge in [0.25, 0.3) is 0 Å². The van der Waals surface area contributed by atoms with Crippen LogP contribution < -0.4 is 5.32 Å². The van der Waals surface area contributed by atoms with Crippen molar-refractivity contribution in [2.75, 3.05) is 0 Å². The summed E-state index contributed by atoms with van der Waals surface area (Å²) in [6, 6.07) is 0.403. The molecular formula is C14H28N2O. The van der Waals surface area contributed by atoms with E-state index in [1.54, 1.807) is 0 Å². The highest BCUT2D eigenvalue weighted by atomic mass is 16.2. The lowest BCUT2D eigenvalue weighted by molar-refractivity contribution is -0.132. The third-order valence-corrected chi connectivity index (χ3v) is 3.71. The summed E-state index contributed by atoms with van der Waals surface area (Å²) in [5.74, 6) is 1.01. The van der Waals surface area contributed by atoms with Gasteiger partial charge in [0.1, 0.15) is 0 Å². The highest BCUT2D eigenvalue weighted by Gasteiger charge is 2.38. The molecule has 1 amide bonds. The maximum Gasteiger partial charge on any atom is 0.241 e. The first-order valence-electron chi connectivity index (χ1n) is 7.09. The molecule has 0 bridgehead atoms. The van der Waals surface area contributed by atoms with Crippen molar-refractivity contribution in [3.8, 4) is 0 Å². The fraction of sp³-hybridized carbons (Fsp3) is 0.929. The molecule has 3 unspecified atom stereocenters. The Hall–Kier alpha value is -0.570. The molecule has 0 aromatic carbocycles. The van der Waals surface area contributed by atoms with Gasteiger partial charge in [-0.05, 0) is 38.5 Å². The summed E-state index contributed by atoms with van der Waals surface area (Å²) in [6.07, 6.45) is 4.43. The quantitative estimate of drug-likeness (QED) is 0.774. The zero-order valence-corrected chi connectivity index (χ0v) is 12.0. The van der Waals surface area contributed by atoms with Gasteiger partial charge in [0.05, 0.1) is 12.2 Å². The summed E-state index contributed by atoms with van der Waals surface area (Å²) in [6.45, 7) is 10.9. The minimum Gasteiger partial charge on any atom is -0.323 e. The smallest absolute Gasteiger partial charge is 0.241 e. The van der Waals surface area contributed by atoms with Crippen molar-refractivity contribution in [2.45, 2.75) is 78.6 Å². The molecule has 17 heavy (non-hydrogen) atoms. The zero-order valence-electron chi connectivity index (χ0n) is 12.0. The third-order valence-electron chi connectivity index (χ3n) is 3.71. The van der Waals surface area contributed by atoms with Crippen LogP contribution in [-0.4, -0.2) is 29.1 Å². The first kappa shape index (κ1) is 14.5. The van der Waals surface area contributed by atoms with Crippen molar-refractivity contribution in [3.63, 3.8) is 0 Å². The molecule has 1 N–H and O–H groups in total. The number of amides is 1. The van der Waals surface area contributed by atoms with Crippen molar-refractivity contribution in [1.82, 2.24) is 10.2 Å². The molecule has 0 aromatic heterocycles. The summed E-state index contributed by atoms with van der Waals surface area (Å²) < 4.78 is 0. The largest absolute Gasteiger partial charge is 0.323 e. The molecule has 0 radical (unpaired) electrons. The van der Waals surface area contributed by atoms with Gasteiger partial charge in [-0.1, -0.05) is 27.7 Å². The summed E-state index contributed by atoms with van der Waals surface area (Å²) in [5, 5.41) is 3.44. The fourth-order valence-corrected chi connectivity index (χ4v) is 2.56. The van der Waals surface area contributed by atoms with Crippen molar-refractivity contribution in [1.29, 1.82) is 0 Å². The number of carbonyl (C=O) groups excluding carboxylic acids is 1. The van der Waals surface area contributed by atoms with Crippen molar-refractivity contribution < 1.29 is 4.79 Å². The van der Waals surface area contributed by atoms with E-state index < -0.39 is 0 Å². The zero-order chi connectivity index (χ0) is 13.0. The van der Waals surface area contributed by atoms with Crippen LogP contribution in [0.15, 0.2) is 0 Å². The lowest BCUT2D eigenvalue weighted by Gasteiger charge is -2.30. The first-order chi connectivity index (χ1) is 8.01. The lowest BCUT2D eigenvalue weighted by Crippen LogP contribution is -2.43. The summed E-state index contributed by atoms with van der Waals surface area (Å²) >= 11 is 0. The molecule has 0 aromatic rings. The standard InChI is InChI=1S/C14H28N2O/c1-6-12-14(17)16(13(7-2)15-12)11(5)9-8-10(3)4/h10-13,15H,6-9H2,1-5H3. The maximum atomic E-state index is 12.3. The summed E-state index contributed by atoms with van der Waals surface area (Å²) in [7, 11) is 0. The highest BCUT2D eigenvalue weighted by Crippen LogP contribution is 2.22. The SMILES string of the molecule is CCC1NC(CC)N(C(C)CCC(C)C)C1=O. The Kier molecular flexibility index (Phi) is 5.44. The maximum absolute atomic E-state index is 12.3. The van der Waals surface area contributed by atoms with Crippen LogP contribution in [-0.2, 0) is 4.79 Å². The molecule has 3 heteroatoms. The molecular weight excluding hydrogens is 212 g/mol. The number of nitrogens with zero attached hydrogens (tertiary/aromatic N) is 1. The molecule has 0 aliphatic carbocycles. The van der Waals surface area contributed by atoms with E-state index in [-0.39, 0.29) is 12.2 Å². The number of hydrogen-bond donors (Lipinski definition) is 1. The number of hydrogen-bond acceptors (Lipinski definition) is 2. The highest BCUT2D eigenvalue weighted by molar-refractivity contribution is 5.84. The Labute approximate surface area is 106 Å². The van der Waals surface area contributed by atoms with E-state index >= 15 is 0 Å². The second kappa shape index (κ2) is 6.39. The topological polar surface area (TPSA) is 32.3 Å². The minimum absolute atomic E-state index is 0.0430. The Bertz CT molecular complexity index is 253. The van der Waals surface area contributed by atoms with E-state index in [9.17, 15) is 4.79 Å². The van der Waals surface area contributed by atoms with Crippen LogP contribution in [0.25, 0.3) is 0 Å². The van der Waals surface area contributed by atoms with Crippen LogP contribution in [0, 0.1) is 5.92 Å². The van der Waals surface area contributed by atoms with Gasteiger partial charge in [-0.15, -0.1) is 0 Å². The number of carbonyl (C=O) groups is 1. The van der Waals surface area contributed by atoms with Gasteiger partial charge < -0.3 is 4.90 Å². The van der Waals surface area contributed by atoms with E-state index in [1.165, 1.54) is 6.42 Å². The molecule has 3 nitrogen and oxygen atoms in total. The molecule has 1 aliphatic heterocycles. The number of nitrogens with one attached hydrogen (secondary N) is 1. The van der Waals surface area contributed by atoms with Crippen LogP contribution in [0.5, 0.6) is 0 Å². The molecule has 100 valence electrons. The van der Waals surface area contributed by atoms with Crippen LogP contribution in [0.2, 0.25) is 0 Å². The van der Waals surface area contributed by atoms with Crippen LogP contribution in [0.4, 0.5) is 0 Å². The van der Waals surface area contributed by atoms with Crippen LogP contribution in [0.3, 0.4) is 0 Å². The predicted molar refractivity (Wildman–Crippen MR) is 71.7 cm³/mol. The van der Waals surface area contributed by atoms with E-state index in [2.05, 4.69) is 44.8 Å². The van der Waals surface area contributed by atoms with Gasteiger partial charge in [0.15, 0.2) is 0 Å². The first-order valence-corrected chi connectivity index (χ1v) is 7.09. The van der Waals surface area contributed by atoms with Crippen LogP contribution in [0.1, 0.15) is 60.3 Å². The van der Waals surface area contributed by atoms with Gasteiger partial charge in [0, 0.05) is 6.04 Å². The van der Waals surface area contributed by atoms with Gasteiger partial charge in [-0.25, -0.2) is 0 Å².